The number of nitrogens with zero attached hydrogens (tertiary/aromatic N) is 2. The minimum absolute atomic E-state index is 0.0965. The van der Waals surface area contributed by atoms with Crippen LogP contribution >= 0.6 is 0 Å². The topological polar surface area (TPSA) is 68.2 Å². The number of carbonyl (C=O) groups is 2. The summed E-state index contributed by atoms with van der Waals surface area (Å²) >= 11 is 0. The average molecular weight is 455 g/mol. The third kappa shape index (κ3) is 8.19. The molecule has 1 heterocycles. The van der Waals surface area contributed by atoms with Crippen LogP contribution in [0.4, 0.5) is 0 Å². The van der Waals surface area contributed by atoms with Crippen molar-refractivity contribution in [2.45, 2.75) is 73.3 Å². The van der Waals surface area contributed by atoms with E-state index in [0.29, 0.717) is 37.2 Å². The summed E-state index contributed by atoms with van der Waals surface area (Å²) in [5.74, 6) is -0.418. The molecular formula is C27H38N2O4. The number of allylic oxidation sites excluding steroid dienone is 3. The lowest BCUT2D eigenvalue weighted by molar-refractivity contribution is -0.135. The summed E-state index contributed by atoms with van der Waals surface area (Å²) in [6.07, 6.45) is 8.86. The van der Waals surface area contributed by atoms with E-state index in [2.05, 4.69) is 24.2 Å². The van der Waals surface area contributed by atoms with Crippen LogP contribution in [0.2, 0.25) is 0 Å². The van der Waals surface area contributed by atoms with E-state index in [-0.39, 0.29) is 24.6 Å². The Morgan fingerprint density at radius 2 is 1.91 bits per heavy atom. The molecule has 0 radical (unpaired) electrons. The van der Waals surface area contributed by atoms with Crippen LogP contribution in [-0.2, 0) is 20.8 Å². The molecule has 0 saturated carbocycles. The Labute approximate surface area is 198 Å². The maximum atomic E-state index is 13.1. The Kier molecular flexibility index (Phi) is 10.4. The molecule has 0 spiro atoms. The normalized spacial score (nSPS) is 19.7. The van der Waals surface area contributed by atoms with Crippen LogP contribution < -0.4 is 0 Å². The first kappa shape index (κ1) is 26.4. The van der Waals surface area contributed by atoms with Crippen LogP contribution in [0.15, 0.2) is 41.1 Å². The van der Waals surface area contributed by atoms with Gasteiger partial charge in [-0.05, 0) is 71.6 Å². The molecule has 33 heavy (non-hydrogen) atoms. The van der Waals surface area contributed by atoms with Gasteiger partial charge >= 0.3 is 5.97 Å². The van der Waals surface area contributed by atoms with Crippen LogP contribution in [0.5, 0.6) is 0 Å². The number of ether oxygens (including phenoxy) is 1. The fourth-order valence-corrected chi connectivity index (χ4v) is 3.99. The highest BCUT2D eigenvalue weighted by Gasteiger charge is 2.20. The van der Waals surface area contributed by atoms with E-state index >= 15 is 0 Å². The first-order valence-electron chi connectivity index (χ1n) is 11.8. The minimum Gasteiger partial charge on any atom is -0.459 e. The fraction of sp³-hybridized carbons (Fsp3) is 0.519. The summed E-state index contributed by atoms with van der Waals surface area (Å²) in [5.41, 5.74) is 5.20. The van der Waals surface area contributed by atoms with Crippen molar-refractivity contribution < 1.29 is 19.2 Å². The highest BCUT2D eigenvalue weighted by Crippen LogP contribution is 2.22. The van der Waals surface area contributed by atoms with Gasteiger partial charge in [0, 0.05) is 25.9 Å². The van der Waals surface area contributed by atoms with Crippen molar-refractivity contribution in [1.29, 1.82) is 0 Å². The van der Waals surface area contributed by atoms with Gasteiger partial charge in [0.25, 0.3) is 5.91 Å². The largest absolute Gasteiger partial charge is 0.459 e. The third-order valence-electron chi connectivity index (χ3n) is 5.68. The van der Waals surface area contributed by atoms with Gasteiger partial charge in [0.1, 0.15) is 6.10 Å². The highest BCUT2D eigenvalue weighted by atomic mass is 16.6. The SMILES string of the molecule is CCN(CC)C(=O)CO/N=C1\C=C(C)CC/C=C/C[C@@H](C)OC(=O)c2c(C)cc(C)cc2C1. The zero-order valence-corrected chi connectivity index (χ0v) is 20.9. The van der Waals surface area contributed by atoms with Crippen molar-refractivity contribution in [2.24, 2.45) is 5.16 Å². The van der Waals surface area contributed by atoms with E-state index in [1.54, 1.807) is 4.90 Å². The molecule has 0 unspecified atom stereocenters. The summed E-state index contributed by atoms with van der Waals surface area (Å²) in [4.78, 5) is 32.5. The van der Waals surface area contributed by atoms with Crippen molar-refractivity contribution in [1.82, 2.24) is 4.90 Å². The molecule has 2 rings (SSSR count). The van der Waals surface area contributed by atoms with Crippen LogP contribution in [0, 0.1) is 13.8 Å². The molecule has 1 atom stereocenters. The zero-order valence-electron chi connectivity index (χ0n) is 20.9. The van der Waals surface area contributed by atoms with E-state index in [4.69, 9.17) is 9.57 Å². The van der Waals surface area contributed by atoms with Crippen LogP contribution in [0.25, 0.3) is 0 Å². The molecule has 0 aromatic heterocycles. The molecule has 1 aliphatic rings. The third-order valence-corrected chi connectivity index (χ3v) is 5.68. The first-order valence-corrected chi connectivity index (χ1v) is 11.8. The number of carbonyl (C=O) groups excluding carboxylic acids is 2. The van der Waals surface area contributed by atoms with Crippen LogP contribution in [0.1, 0.15) is 74.0 Å². The van der Waals surface area contributed by atoms with Crippen LogP contribution in [-0.4, -0.2) is 48.3 Å². The quantitative estimate of drug-likeness (QED) is 0.343. The number of likely N-dealkylation sites (N-methyl/N-ethyl adjacent to an activating group) is 1. The number of amides is 1. The average Bonchev–Trinajstić information content (AvgIpc) is 2.73. The van der Waals surface area contributed by atoms with E-state index in [1.807, 2.05) is 52.8 Å². The van der Waals surface area contributed by atoms with Gasteiger partial charge in [-0.1, -0.05) is 40.6 Å². The summed E-state index contributed by atoms with van der Waals surface area (Å²) < 4.78 is 5.74. The monoisotopic (exact) mass is 454 g/mol. The molecule has 6 heteroatoms. The van der Waals surface area contributed by atoms with Gasteiger partial charge in [-0.3, -0.25) is 4.79 Å². The van der Waals surface area contributed by atoms with Crippen molar-refractivity contribution >= 4 is 17.6 Å². The number of oxime groups is 1. The lowest BCUT2D eigenvalue weighted by atomic mass is 9.94. The van der Waals surface area contributed by atoms with Gasteiger partial charge in [0.05, 0.1) is 11.3 Å². The summed E-state index contributed by atoms with van der Waals surface area (Å²) in [5, 5.41) is 4.32. The van der Waals surface area contributed by atoms with Gasteiger partial charge in [-0.25, -0.2) is 4.79 Å². The smallest absolute Gasteiger partial charge is 0.338 e. The van der Waals surface area contributed by atoms with Gasteiger partial charge in [-0.2, -0.15) is 0 Å². The predicted molar refractivity (Wildman–Crippen MR) is 133 cm³/mol. The number of aryl methyl sites for hydroxylation is 2. The first-order chi connectivity index (χ1) is 15.7. The van der Waals surface area contributed by atoms with Crippen molar-refractivity contribution in [3.8, 4) is 0 Å². The zero-order chi connectivity index (χ0) is 24.4. The number of cyclic esters (lactones) is 1. The van der Waals surface area contributed by atoms with E-state index in [9.17, 15) is 9.59 Å². The molecule has 0 aliphatic carbocycles. The lowest BCUT2D eigenvalue weighted by Crippen LogP contribution is -2.33. The van der Waals surface area contributed by atoms with E-state index in [1.165, 1.54) is 0 Å². The number of fused-ring (bicyclic) bond motifs is 1. The number of rotatable bonds is 5. The Balaban J connectivity index is 2.41. The number of hydrogen-bond donors (Lipinski definition) is 0. The van der Waals surface area contributed by atoms with Crippen molar-refractivity contribution in [3.63, 3.8) is 0 Å². The predicted octanol–water partition coefficient (Wildman–Crippen LogP) is 5.32. The Hall–Kier alpha value is -2.89. The molecule has 1 amide bonds. The molecule has 180 valence electrons. The maximum Gasteiger partial charge on any atom is 0.338 e. The summed E-state index contributed by atoms with van der Waals surface area (Å²) in [6, 6.07) is 3.99. The van der Waals surface area contributed by atoms with Gasteiger partial charge in [-0.15, -0.1) is 0 Å². The van der Waals surface area contributed by atoms with Crippen LogP contribution in [0.3, 0.4) is 0 Å². The fourth-order valence-electron chi connectivity index (χ4n) is 3.99. The highest BCUT2D eigenvalue weighted by molar-refractivity contribution is 6.00. The Morgan fingerprint density at radius 3 is 2.61 bits per heavy atom. The van der Waals surface area contributed by atoms with Gasteiger partial charge < -0.3 is 14.5 Å². The summed E-state index contributed by atoms with van der Waals surface area (Å²) in [6.45, 7) is 12.9. The molecular weight excluding hydrogens is 416 g/mol. The van der Waals surface area contributed by atoms with Crippen molar-refractivity contribution in [3.05, 3.63) is 58.2 Å². The Bertz CT molecular complexity index is 926. The molecule has 0 fully saturated rings. The molecule has 0 saturated heterocycles. The van der Waals surface area contributed by atoms with Gasteiger partial charge in [0.2, 0.25) is 0 Å². The number of benzene rings is 1. The van der Waals surface area contributed by atoms with E-state index in [0.717, 1.165) is 35.1 Å². The minimum atomic E-state index is -0.321. The molecule has 6 nitrogen and oxygen atoms in total. The second-order valence-corrected chi connectivity index (χ2v) is 8.67. The molecule has 1 aliphatic heterocycles. The Morgan fingerprint density at radius 1 is 1.18 bits per heavy atom. The second-order valence-electron chi connectivity index (χ2n) is 8.67. The summed E-state index contributed by atoms with van der Waals surface area (Å²) in [7, 11) is 0. The standard InChI is InChI=1S/C27H38N2O4/c1-7-29(8-2)25(30)18-32-28-24-16-19(3)12-10-9-11-13-22(6)33-27(31)26-21(5)14-20(4)15-23(26)17-24/h9,11,14-16,22H,7-8,10,12-13,17-18H2,1-6H3/b11-9+,19-16?,28-24+/t22-/m1/s1. The molecule has 1 aromatic rings. The second kappa shape index (κ2) is 13.0. The van der Waals surface area contributed by atoms with E-state index < -0.39 is 0 Å². The molecule has 0 N–H and O–H groups in total. The van der Waals surface area contributed by atoms with Crippen molar-refractivity contribution in [2.75, 3.05) is 19.7 Å². The number of hydrogen-bond acceptors (Lipinski definition) is 5. The molecule has 1 aromatic carbocycles. The van der Waals surface area contributed by atoms with Gasteiger partial charge in [0.15, 0.2) is 6.61 Å². The number of esters is 1. The molecule has 0 bridgehead atoms. The maximum absolute atomic E-state index is 13.1. The lowest BCUT2D eigenvalue weighted by Gasteiger charge is -2.18.